The Balaban J connectivity index is 2.62. The third-order valence-corrected chi connectivity index (χ3v) is 2.87. The van der Waals surface area contributed by atoms with Gasteiger partial charge in [0, 0.05) is 13.0 Å². The van der Waals surface area contributed by atoms with Crippen LogP contribution in [0.4, 0.5) is 0 Å². The van der Waals surface area contributed by atoms with Crippen molar-refractivity contribution in [1.29, 1.82) is 0 Å². The molecule has 98 valence electrons. The van der Waals surface area contributed by atoms with Crippen molar-refractivity contribution < 1.29 is 0 Å². The standard InChI is InChI=1S/C13H26N4/c1-10(2)5-12(7-14)6-13-16-15-9-17(13)8-11(3)4/h9-12H,5-8,14H2,1-4H3/t12-/m0/s1. The fourth-order valence-electron chi connectivity index (χ4n) is 2.17. The Morgan fingerprint density at radius 1 is 1.24 bits per heavy atom. The summed E-state index contributed by atoms with van der Waals surface area (Å²) in [6, 6.07) is 0. The van der Waals surface area contributed by atoms with Gasteiger partial charge in [0.2, 0.25) is 0 Å². The molecule has 0 aliphatic rings. The van der Waals surface area contributed by atoms with E-state index in [-0.39, 0.29) is 0 Å². The van der Waals surface area contributed by atoms with Crippen molar-refractivity contribution in [3.63, 3.8) is 0 Å². The minimum atomic E-state index is 0.519. The highest BCUT2D eigenvalue weighted by molar-refractivity contribution is 4.89. The second-order valence-electron chi connectivity index (χ2n) is 5.73. The van der Waals surface area contributed by atoms with Gasteiger partial charge in [0.15, 0.2) is 0 Å². The molecule has 0 bridgehead atoms. The molecule has 0 saturated carbocycles. The van der Waals surface area contributed by atoms with Crippen molar-refractivity contribution in [2.75, 3.05) is 6.54 Å². The van der Waals surface area contributed by atoms with Gasteiger partial charge >= 0.3 is 0 Å². The summed E-state index contributed by atoms with van der Waals surface area (Å²) in [6.45, 7) is 10.6. The molecule has 0 radical (unpaired) electrons. The highest BCUT2D eigenvalue weighted by Gasteiger charge is 2.14. The van der Waals surface area contributed by atoms with E-state index in [1.54, 1.807) is 0 Å². The number of aromatic nitrogens is 3. The van der Waals surface area contributed by atoms with Crippen LogP contribution < -0.4 is 5.73 Å². The first kappa shape index (κ1) is 14.2. The highest BCUT2D eigenvalue weighted by Crippen LogP contribution is 2.15. The van der Waals surface area contributed by atoms with E-state index in [4.69, 9.17) is 5.73 Å². The fourth-order valence-corrected chi connectivity index (χ4v) is 2.17. The van der Waals surface area contributed by atoms with Gasteiger partial charge in [-0.15, -0.1) is 10.2 Å². The second-order valence-corrected chi connectivity index (χ2v) is 5.73. The predicted octanol–water partition coefficient (Wildman–Crippen LogP) is 2.10. The lowest BCUT2D eigenvalue weighted by Gasteiger charge is -2.17. The van der Waals surface area contributed by atoms with E-state index in [1.807, 2.05) is 6.33 Å². The van der Waals surface area contributed by atoms with Gasteiger partial charge in [-0.05, 0) is 30.7 Å². The first-order valence-electron chi connectivity index (χ1n) is 6.59. The van der Waals surface area contributed by atoms with Crippen LogP contribution in [0, 0.1) is 17.8 Å². The van der Waals surface area contributed by atoms with E-state index >= 15 is 0 Å². The van der Waals surface area contributed by atoms with Gasteiger partial charge in [0.05, 0.1) is 0 Å². The third-order valence-electron chi connectivity index (χ3n) is 2.87. The maximum Gasteiger partial charge on any atom is 0.133 e. The molecule has 1 heterocycles. The number of hydrogen-bond donors (Lipinski definition) is 1. The smallest absolute Gasteiger partial charge is 0.133 e. The molecule has 0 amide bonds. The van der Waals surface area contributed by atoms with Crippen LogP contribution in [0.15, 0.2) is 6.33 Å². The lowest BCUT2D eigenvalue weighted by Crippen LogP contribution is -2.21. The summed E-state index contributed by atoms with van der Waals surface area (Å²) in [7, 11) is 0. The minimum Gasteiger partial charge on any atom is -0.330 e. The molecular weight excluding hydrogens is 212 g/mol. The molecule has 17 heavy (non-hydrogen) atoms. The van der Waals surface area contributed by atoms with Crippen LogP contribution in [0.1, 0.15) is 39.9 Å². The predicted molar refractivity (Wildman–Crippen MR) is 70.6 cm³/mol. The van der Waals surface area contributed by atoms with Crippen molar-refractivity contribution in [3.05, 3.63) is 12.2 Å². The lowest BCUT2D eigenvalue weighted by molar-refractivity contribution is 0.396. The van der Waals surface area contributed by atoms with Gasteiger partial charge in [0.1, 0.15) is 12.2 Å². The molecule has 0 fully saturated rings. The Bertz CT molecular complexity index is 317. The molecule has 1 rings (SSSR count). The number of rotatable bonds is 7. The molecule has 2 N–H and O–H groups in total. The van der Waals surface area contributed by atoms with Crippen LogP contribution in [-0.2, 0) is 13.0 Å². The Hall–Kier alpha value is -0.900. The molecule has 0 saturated heterocycles. The molecule has 1 atom stereocenters. The average molecular weight is 238 g/mol. The quantitative estimate of drug-likeness (QED) is 0.791. The summed E-state index contributed by atoms with van der Waals surface area (Å²) in [5.41, 5.74) is 5.83. The van der Waals surface area contributed by atoms with Gasteiger partial charge in [-0.3, -0.25) is 0 Å². The van der Waals surface area contributed by atoms with Crippen molar-refractivity contribution in [1.82, 2.24) is 14.8 Å². The zero-order chi connectivity index (χ0) is 12.8. The molecule has 4 heteroatoms. The second kappa shape index (κ2) is 6.74. The minimum absolute atomic E-state index is 0.519. The van der Waals surface area contributed by atoms with Crippen LogP contribution >= 0.6 is 0 Å². The first-order chi connectivity index (χ1) is 8.02. The zero-order valence-corrected chi connectivity index (χ0v) is 11.6. The monoisotopic (exact) mass is 238 g/mol. The third kappa shape index (κ3) is 4.86. The van der Waals surface area contributed by atoms with Gasteiger partial charge in [0.25, 0.3) is 0 Å². The van der Waals surface area contributed by atoms with E-state index in [9.17, 15) is 0 Å². The highest BCUT2D eigenvalue weighted by atomic mass is 15.3. The summed E-state index contributed by atoms with van der Waals surface area (Å²) in [5.74, 6) is 2.90. The molecule has 0 aliphatic heterocycles. The summed E-state index contributed by atoms with van der Waals surface area (Å²) in [6.07, 6.45) is 3.94. The Morgan fingerprint density at radius 3 is 2.47 bits per heavy atom. The fraction of sp³-hybridized carbons (Fsp3) is 0.846. The lowest BCUT2D eigenvalue weighted by atomic mass is 9.94. The zero-order valence-electron chi connectivity index (χ0n) is 11.6. The average Bonchev–Trinajstić information content (AvgIpc) is 2.63. The molecule has 0 aliphatic carbocycles. The molecule has 0 unspecified atom stereocenters. The van der Waals surface area contributed by atoms with Crippen LogP contribution in [0.2, 0.25) is 0 Å². The molecule has 1 aromatic heterocycles. The van der Waals surface area contributed by atoms with E-state index in [0.717, 1.165) is 31.8 Å². The normalized spacial score (nSPS) is 13.6. The van der Waals surface area contributed by atoms with Gasteiger partial charge in [-0.25, -0.2) is 0 Å². The van der Waals surface area contributed by atoms with Crippen molar-refractivity contribution in [2.45, 2.75) is 47.1 Å². The summed E-state index contributed by atoms with van der Waals surface area (Å²) >= 11 is 0. The van der Waals surface area contributed by atoms with Crippen LogP contribution in [0.5, 0.6) is 0 Å². The Kier molecular flexibility index (Phi) is 5.62. The molecule has 0 spiro atoms. The molecule has 4 nitrogen and oxygen atoms in total. The van der Waals surface area contributed by atoms with E-state index in [1.165, 1.54) is 0 Å². The van der Waals surface area contributed by atoms with Crippen LogP contribution in [0.25, 0.3) is 0 Å². The molecule has 1 aromatic rings. The number of nitrogens with zero attached hydrogens (tertiary/aromatic N) is 3. The molecule has 0 aromatic carbocycles. The van der Waals surface area contributed by atoms with Crippen LogP contribution in [0.3, 0.4) is 0 Å². The van der Waals surface area contributed by atoms with Gasteiger partial charge < -0.3 is 10.3 Å². The van der Waals surface area contributed by atoms with E-state index < -0.39 is 0 Å². The van der Waals surface area contributed by atoms with Crippen molar-refractivity contribution >= 4 is 0 Å². The SMILES string of the molecule is CC(C)C[C@H](CN)Cc1nncn1CC(C)C. The number of hydrogen-bond acceptors (Lipinski definition) is 3. The topological polar surface area (TPSA) is 56.7 Å². The maximum atomic E-state index is 5.83. The summed E-state index contributed by atoms with van der Waals surface area (Å²) < 4.78 is 2.16. The Morgan fingerprint density at radius 2 is 1.94 bits per heavy atom. The Labute approximate surface area is 105 Å². The molecular formula is C13H26N4. The summed E-state index contributed by atoms with van der Waals surface area (Å²) in [4.78, 5) is 0. The van der Waals surface area contributed by atoms with Gasteiger partial charge in [-0.2, -0.15) is 0 Å². The van der Waals surface area contributed by atoms with Crippen molar-refractivity contribution in [3.8, 4) is 0 Å². The largest absolute Gasteiger partial charge is 0.330 e. The van der Waals surface area contributed by atoms with E-state index in [0.29, 0.717) is 17.8 Å². The van der Waals surface area contributed by atoms with Gasteiger partial charge in [-0.1, -0.05) is 27.7 Å². The maximum absolute atomic E-state index is 5.83. The van der Waals surface area contributed by atoms with Crippen LogP contribution in [-0.4, -0.2) is 21.3 Å². The van der Waals surface area contributed by atoms with E-state index in [2.05, 4.69) is 42.5 Å². The number of nitrogens with two attached hydrogens (primary N) is 1. The van der Waals surface area contributed by atoms with Crippen molar-refractivity contribution in [2.24, 2.45) is 23.5 Å². The first-order valence-corrected chi connectivity index (χ1v) is 6.59. The summed E-state index contributed by atoms with van der Waals surface area (Å²) in [5, 5.41) is 8.24.